The number of benzene rings is 3. The van der Waals surface area contributed by atoms with Crippen LogP contribution in [0.1, 0.15) is 57.6 Å². The lowest BCUT2D eigenvalue weighted by atomic mass is 9.93. The number of Topliss-reactive ketones (excluding diaryl/α,β-unsaturated/α-hetero) is 1. The summed E-state index contributed by atoms with van der Waals surface area (Å²) in [5, 5.41) is 12.2. The molecule has 3 aromatic carbocycles. The van der Waals surface area contributed by atoms with Crippen molar-refractivity contribution in [3.05, 3.63) is 105 Å². The number of hydrogen-bond donors (Lipinski definition) is 2. The van der Waals surface area contributed by atoms with Crippen molar-refractivity contribution < 1.29 is 41.0 Å². The number of carbonyl (C=O) groups excluding carboxylic acids is 1. The summed E-state index contributed by atoms with van der Waals surface area (Å²) < 4.78 is 80.5. The van der Waals surface area contributed by atoms with Gasteiger partial charge >= 0.3 is 18.3 Å². The molecule has 0 radical (unpaired) electrons. The Morgan fingerprint density at radius 2 is 1.47 bits per heavy atom. The molecular formula is C33H27ClF6N2O3. The minimum absolute atomic E-state index is 0.0315. The van der Waals surface area contributed by atoms with E-state index in [1.165, 1.54) is 24.4 Å². The number of carboxylic acids is 1. The lowest BCUT2D eigenvalue weighted by Gasteiger charge is -2.19. The molecule has 0 spiro atoms. The van der Waals surface area contributed by atoms with Crippen molar-refractivity contribution >= 4 is 29.0 Å². The molecule has 0 saturated carbocycles. The van der Waals surface area contributed by atoms with Crippen molar-refractivity contribution in [2.24, 2.45) is 0 Å². The maximum atomic E-state index is 13.7. The van der Waals surface area contributed by atoms with Gasteiger partial charge in [-0.15, -0.1) is 0 Å². The number of alkyl halides is 6. The number of ketones is 1. The van der Waals surface area contributed by atoms with Crippen molar-refractivity contribution in [1.82, 2.24) is 4.98 Å². The summed E-state index contributed by atoms with van der Waals surface area (Å²) >= 11 is 6.51. The van der Waals surface area contributed by atoms with Crippen LogP contribution in [0.5, 0.6) is 0 Å². The van der Waals surface area contributed by atoms with E-state index in [1.54, 1.807) is 32.0 Å². The zero-order valence-corrected chi connectivity index (χ0v) is 24.8. The number of nitrogens with zero attached hydrogens (tertiary/aromatic N) is 1. The quantitative estimate of drug-likeness (QED) is 0.132. The molecule has 0 bridgehead atoms. The van der Waals surface area contributed by atoms with Gasteiger partial charge in [0.15, 0.2) is 5.78 Å². The maximum absolute atomic E-state index is 13.7. The van der Waals surface area contributed by atoms with Gasteiger partial charge in [-0.2, -0.15) is 26.3 Å². The lowest BCUT2D eigenvalue weighted by molar-refractivity contribution is -0.138. The molecule has 0 aliphatic rings. The molecule has 1 aromatic heterocycles. The van der Waals surface area contributed by atoms with Crippen LogP contribution in [0, 0.1) is 13.8 Å². The number of carboxylic acid groups (broad SMARTS) is 1. The van der Waals surface area contributed by atoms with E-state index in [1.807, 2.05) is 0 Å². The number of aromatic nitrogens is 1. The summed E-state index contributed by atoms with van der Waals surface area (Å²) in [5.41, 5.74) is 1.88. The third kappa shape index (κ3) is 8.21. The molecule has 236 valence electrons. The van der Waals surface area contributed by atoms with Crippen LogP contribution in [-0.4, -0.2) is 21.8 Å². The first-order valence-corrected chi connectivity index (χ1v) is 14.1. The summed E-state index contributed by atoms with van der Waals surface area (Å²) in [6, 6.07) is 13.2. The Hall–Kier alpha value is -4.38. The van der Waals surface area contributed by atoms with E-state index in [0.29, 0.717) is 39.1 Å². The zero-order chi connectivity index (χ0) is 33.1. The molecule has 45 heavy (non-hydrogen) atoms. The highest BCUT2D eigenvalue weighted by atomic mass is 35.5. The van der Waals surface area contributed by atoms with Crippen molar-refractivity contribution in [3.8, 4) is 22.3 Å². The van der Waals surface area contributed by atoms with Crippen LogP contribution in [0.15, 0.2) is 66.9 Å². The smallest absolute Gasteiger partial charge is 0.416 e. The number of nitrogens with one attached hydrogen (secondary N) is 1. The Kier molecular flexibility index (Phi) is 9.92. The normalized spacial score (nSPS) is 11.8. The van der Waals surface area contributed by atoms with E-state index in [4.69, 9.17) is 16.7 Å². The monoisotopic (exact) mass is 648 g/mol. The minimum atomic E-state index is -4.61. The Morgan fingerprint density at radius 1 is 0.800 bits per heavy atom. The van der Waals surface area contributed by atoms with Gasteiger partial charge in [0.25, 0.3) is 0 Å². The van der Waals surface area contributed by atoms with Crippen LogP contribution in [0.25, 0.3) is 22.3 Å². The topological polar surface area (TPSA) is 79.3 Å². The molecule has 0 fully saturated rings. The summed E-state index contributed by atoms with van der Waals surface area (Å²) in [4.78, 5) is 27.2. The van der Waals surface area contributed by atoms with E-state index < -0.39 is 29.4 Å². The summed E-state index contributed by atoms with van der Waals surface area (Å²) in [6.45, 7) is 3.19. The molecule has 4 aromatic rings. The predicted molar refractivity (Wildman–Crippen MR) is 159 cm³/mol. The van der Waals surface area contributed by atoms with Crippen molar-refractivity contribution in [2.75, 3.05) is 5.32 Å². The first-order chi connectivity index (χ1) is 21.0. The number of aliphatic carboxylic acids is 1. The van der Waals surface area contributed by atoms with Gasteiger partial charge in [-0.05, 0) is 90.6 Å². The van der Waals surface area contributed by atoms with Gasteiger partial charge in [0, 0.05) is 42.4 Å². The predicted octanol–water partition coefficient (Wildman–Crippen LogP) is 9.77. The van der Waals surface area contributed by atoms with Gasteiger partial charge in [-0.1, -0.05) is 29.8 Å². The fourth-order valence-electron chi connectivity index (χ4n) is 4.90. The second-order valence-electron chi connectivity index (χ2n) is 10.5. The first-order valence-electron chi connectivity index (χ1n) is 13.7. The number of carbonyl (C=O) groups is 2. The third-order valence-electron chi connectivity index (χ3n) is 7.24. The molecule has 0 aliphatic heterocycles. The van der Waals surface area contributed by atoms with Gasteiger partial charge in [0.05, 0.1) is 16.1 Å². The molecule has 12 heteroatoms. The molecule has 0 atom stereocenters. The molecule has 0 saturated heterocycles. The average Bonchev–Trinajstić information content (AvgIpc) is 2.95. The highest BCUT2D eigenvalue weighted by Crippen LogP contribution is 2.38. The van der Waals surface area contributed by atoms with E-state index in [0.717, 1.165) is 24.3 Å². The van der Waals surface area contributed by atoms with Crippen LogP contribution >= 0.6 is 11.6 Å². The second-order valence-corrected chi connectivity index (χ2v) is 10.9. The number of anilines is 1. The Labute approximate surface area is 259 Å². The Balaban J connectivity index is 1.60. The fraction of sp³-hybridized carbons (Fsp3) is 0.242. The molecule has 0 unspecified atom stereocenters. The molecule has 4 rings (SSSR count). The van der Waals surface area contributed by atoms with Crippen LogP contribution in [0.3, 0.4) is 0 Å². The standard InChI is InChI=1S/C33H27ClF6N2O3/c1-18-12-21(32(35,36)37)7-9-24(18)25-10-8-23(15-28(25)34)41-17-27-19(2)13-22(33(38,39)40)14-26(27)20-6-11-29(42-16-20)30(43)4-3-5-31(44)45/h6-16,41H,3-5,17H2,1-2H3,(H,44,45). The van der Waals surface area contributed by atoms with E-state index in [2.05, 4.69) is 10.3 Å². The molecule has 2 N–H and O–H groups in total. The van der Waals surface area contributed by atoms with Crippen LogP contribution in [0.4, 0.5) is 32.0 Å². The van der Waals surface area contributed by atoms with Gasteiger partial charge in [0.2, 0.25) is 0 Å². The maximum Gasteiger partial charge on any atom is 0.416 e. The summed E-state index contributed by atoms with van der Waals surface area (Å²) in [6.07, 6.45) is -7.85. The third-order valence-corrected chi connectivity index (χ3v) is 7.55. The summed E-state index contributed by atoms with van der Waals surface area (Å²) in [5.74, 6) is -1.41. The number of halogens is 7. The highest BCUT2D eigenvalue weighted by Gasteiger charge is 2.32. The molecule has 0 amide bonds. The summed E-state index contributed by atoms with van der Waals surface area (Å²) in [7, 11) is 0. The largest absolute Gasteiger partial charge is 0.481 e. The first kappa shape index (κ1) is 33.5. The number of pyridine rings is 1. The van der Waals surface area contributed by atoms with Gasteiger partial charge < -0.3 is 10.4 Å². The number of hydrogen-bond acceptors (Lipinski definition) is 4. The zero-order valence-electron chi connectivity index (χ0n) is 24.0. The van der Waals surface area contributed by atoms with E-state index in [-0.39, 0.29) is 47.9 Å². The van der Waals surface area contributed by atoms with Gasteiger partial charge in [-0.3, -0.25) is 14.6 Å². The van der Waals surface area contributed by atoms with Crippen molar-refractivity contribution in [3.63, 3.8) is 0 Å². The van der Waals surface area contributed by atoms with Gasteiger partial charge in [0.1, 0.15) is 5.69 Å². The number of aryl methyl sites for hydroxylation is 2. The highest BCUT2D eigenvalue weighted by molar-refractivity contribution is 6.33. The van der Waals surface area contributed by atoms with Gasteiger partial charge in [-0.25, -0.2) is 0 Å². The SMILES string of the molecule is Cc1cc(C(F)(F)F)ccc1-c1ccc(NCc2c(C)cc(C(F)(F)F)cc2-c2ccc(C(=O)CCCC(=O)O)nc2)cc1Cl. The second kappa shape index (κ2) is 13.3. The van der Waals surface area contributed by atoms with Crippen molar-refractivity contribution in [1.29, 1.82) is 0 Å². The molecule has 1 heterocycles. The van der Waals surface area contributed by atoms with E-state index >= 15 is 0 Å². The fourth-order valence-corrected chi connectivity index (χ4v) is 5.18. The molecule has 0 aliphatic carbocycles. The van der Waals surface area contributed by atoms with Crippen LogP contribution < -0.4 is 5.32 Å². The Bertz CT molecular complexity index is 1730. The van der Waals surface area contributed by atoms with Crippen molar-refractivity contribution in [2.45, 2.75) is 52.0 Å². The average molecular weight is 649 g/mol. The molecular weight excluding hydrogens is 622 g/mol. The lowest BCUT2D eigenvalue weighted by Crippen LogP contribution is -2.10. The van der Waals surface area contributed by atoms with Crippen LogP contribution in [0.2, 0.25) is 5.02 Å². The van der Waals surface area contributed by atoms with Crippen LogP contribution in [-0.2, 0) is 23.7 Å². The van der Waals surface area contributed by atoms with E-state index in [9.17, 15) is 35.9 Å². The minimum Gasteiger partial charge on any atom is -0.481 e. The number of rotatable bonds is 10. The Morgan fingerprint density at radius 3 is 2.04 bits per heavy atom. The molecule has 5 nitrogen and oxygen atoms in total.